The average Bonchev–Trinajstić information content (AvgIpc) is 2.76. The molecule has 2 fully saturated rings. The van der Waals surface area contributed by atoms with E-state index in [-0.39, 0.29) is 23.0 Å². The lowest BCUT2D eigenvalue weighted by Gasteiger charge is -2.55. The van der Waals surface area contributed by atoms with Crippen LogP contribution in [0.1, 0.15) is 52.4 Å². The van der Waals surface area contributed by atoms with Gasteiger partial charge in [-0.3, -0.25) is 0 Å². The van der Waals surface area contributed by atoms with Crippen molar-refractivity contribution in [1.29, 1.82) is 0 Å². The number of fused-ring (bicyclic) bond motifs is 5. The molecule has 2 saturated carbocycles. The molecule has 4 rings (SSSR count). The lowest BCUT2D eigenvalue weighted by Crippen LogP contribution is -2.49. The summed E-state index contributed by atoms with van der Waals surface area (Å²) in [6.07, 6.45) is 13.0. The second-order valence-electron chi connectivity index (χ2n) is 8.43. The molecule has 0 spiro atoms. The van der Waals surface area contributed by atoms with Crippen molar-refractivity contribution < 1.29 is 10.2 Å². The van der Waals surface area contributed by atoms with Gasteiger partial charge in [-0.2, -0.15) is 0 Å². The van der Waals surface area contributed by atoms with Crippen molar-refractivity contribution in [1.82, 2.24) is 0 Å². The molecule has 0 amide bonds. The largest absolute Gasteiger partial charge is 0.393 e. The summed E-state index contributed by atoms with van der Waals surface area (Å²) < 4.78 is 0. The van der Waals surface area contributed by atoms with E-state index in [9.17, 15) is 10.2 Å². The van der Waals surface area contributed by atoms with Crippen molar-refractivity contribution in [3.05, 3.63) is 23.8 Å². The molecule has 2 N–H and O–H groups in total. The second-order valence-corrected chi connectivity index (χ2v) is 8.43. The topological polar surface area (TPSA) is 40.5 Å². The van der Waals surface area contributed by atoms with E-state index >= 15 is 0 Å². The normalized spacial score (nSPS) is 55.4. The van der Waals surface area contributed by atoms with E-state index in [4.69, 9.17) is 0 Å². The van der Waals surface area contributed by atoms with Crippen molar-refractivity contribution in [2.24, 2.45) is 28.6 Å². The molecule has 0 saturated heterocycles. The fourth-order valence-electron chi connectivity index (χ4n) is 6.11. The van der Waals surface area contributed by atoms with Crippen LogP contribution >= 0.6 is 0 Å². The Morgan fingerprint density at radius 3 is 2.62 bits per heavy atom. The quantitative estimate of drug-likeness (QED) is 0.717. The Morgan fingerprint density at radius 2 is 1.81 bits per heavy atom. The fraction of sp³-hybridized carbons (Fsp3) is 0.789. The highest BCUT2D eigenvalue weighted by molar-refractivity contribution is 5.36. The number of hydrogen-bond acceptors (Lipinski definition) is 2. The number of aliphatic hydroxyl groups is 2. The Bertz CT molecular complexity index is 508. The van der Waals surface area contributed by atoms with Gasteiger partial charge in [0.25, 0.3) is 0 Å². The zero-order valence-electron chi connectivity index (χ0n) is 13.3. The molecule has 7 atom stereocenters. The van der Waals surface area contributed by atoms with Crippen LogP contribution in [-0.2, 0) is 0 Å². The zero-order valence-corrected chi connectivity index (χ0v) is 13.3. The Hall–Kier alpha value is -0.600. The first-order valence-corrected chi connectivity index (χ1v) is 8.72. The first-order valence-electron chi connectivity index (χ1n) is 8.72. The van der Waals surface area contributed by atoms with Gasteiger partial charge in [-0.25, -0.2) is 0 Å². The smallest absolute Gasteiger partial charge is 0.0727 e. The predicted molar refractivity (Wildman–Crippen MR) is 83.6 cm³/mol. The molecule has 4 aliphatic carbocycles. The van der Waals surface area contributed by atoms with E-state index in [0.717, 1.165) is 19.3 Å². The summed E-state index contributed by atoms with van der Waals surface area (Å²) in [5.41, 5.74) is 1.75. The van der Waals surface area contributed by atoms with Gasteiger partial charge >= 0.3 is 0 Å². The van der Waals surface area contributed by atoms with Crippen LogP contribution in [0.5, 0.6) is 0 Å². The molecule has 0 radical (unpaired) electrons. The van der Waals surface area contributed by atoms with E-state index in [1.54, 1.807) is 0 Å². The Balaban J connectivity index is 1.73. The lowest BCUT2D eigenvalue weighted by molar-refractivity contribution is -0.0496. The molecule has 0 aliphatic heterocycles. The summed E-state index contributed by atoms with van der Waals surface area (Å²) in [5, 5.41) is 20.4. The molecule has 0 aromatic rings. The molecule has 21 heavy (non-hydrogen) atoms. The standard InChI is InChI=1S/C19H28O2/c1-18-9-7-13(20)11-12(18)3-4-14-15-5-6-17(21)19(15,2)10-8-16(14)18/h3-4,11,13-17,20-21H,5-10H2,1-2H3/t13?,14-,15-,16-,17?,18-,19-/m0/s1. The molecule has 0 heterocycles. The molecule has 0 bridgehead atoms. The van der Waals surface area contributed by atoms with Gasteiger partial charge < -0.3 is 10.2 Å². The molecule has 2 unspecified atom stereocenters. The second kappa shape index (κ2) is 4.45. The van der Waals surface area contributed by atoms with Gasteiger partial charge in [-0.05, 0) is 72.7 Å². The summed E-state index contributed by atoms with van der Waals surface area (Å²) >= 11 is 0. The van der Waals surface area contributed by atoms with Crippen LogP contribution in [0, 0.1) is 28.6 Å². The highest BCUT2D eigenvalue weighted by Crippen LogP contribution is 2.63. The Morgan fingerprint density at radius 1 is 1.00 bits per heavy atom. The predicted octanol–water partition coefficient (Wildman–Crippen LogP) is 3.45. The molecular formula is C19H28O2. The first kappa shape index (κ1) is 14.0. The van der Waals surface area contributed by atoms with Crippen molar-refractivity contribution in [2.45, 2.75) is 64.6 Å². The average molecular weight is 288 g/mol. The molecule has 0 aromatic carbocycles. The van der Waals surface area contributed by atoms with Crippen molar-refractivity contribution >= 4 is 0 Å². The van der Waals surface area contributed by atoms with Crippen molar-refractivity contribution in [2.75, 3.05) is 0 Å². The summed E-state index contributed by atoms with van der Waals surface area (Å²) in [5.74, 6) is 1.97. The SMILES string of the molecule is C[C@]12CCC(O)C=C1C=C[C@@H]1[C@@H]2CC[C@]2(C)C(O)CC[C@@H]12. The third kappa shape index (κ3) is 1.78. The zero-order chi connectivity index (χ0) is 14.8. The number of hydrogen-bond donors (Lipinski definition) is 2. The minimum absolute atomic E-state index is 0.102. The van der Waals surface area contributed by atoms with Gasteiger partial charge in [-0.1, -0.05) is 32.1 Å². The van der Waals surface area contributed by atoms with E-state index < -0.39 is 0 Å². The summed E-state index contributed by atoms with van der Waals surface area (Å²) in [7, 11) is 0. The Labute approximate surface area is 127 Å². The van der Waals surface area contributed by atoms with Gasteiger partial charge in [0, 0.05) is 0 Å². The summed E-state index contributed by atoms with van der Waals surface area (Å²) in [6.45, 7) is 4.73. The van der Waals surface area contributed by atoms with Crippen molar-refractivity contribution in [3.8, 4) is 0 Å². The molecule has 116 valence electrons. The third-order valence-corrected chi connectivity index (χ3v) is 7.59. The molecule has 0 aromatic heterocycles. The third-order valence-electron chi connectivity index (χ3n) is 7.59. The minimum atomic E-state index is -0.253. The van der Waals surface area contributed by atoms with Crippen LogP contribution in [0.25, 0.3) is 0 Å². The van der Waals surface area contributed by atoms with Gasteiger partial charge in [0.2, 0.25) is 0 Å². The molecule has 2 heteroatoms. The monoisotopic (exact) mass is 288 g/mol. The van der Waals surface area contributed by atoms with E-state index in [1.807, 2.05) is 0 Å². The van der Waals surface area contributed by atoms with Crippen LogP contribution in [0.2, 0.25) is 0 Å². The van der Waals surface area contributed by atoms with Gasteiger partial charge in [0.1, 0.15) is 0 Å². The lowest BCUT2D eigenvalue weighted by atomic mass is 9.49. The number of allylic oxidation sites excluding steroid dienone is 3. The highest BCUT2D eigenvalue weighted by Gasteiger charge is 2.57. The fourth-order valence-corrected chi connectivity index (χ4v) is 6.11. The van der Waals surface area contributed by atoms with E-state index in [0.29, 0.717) is 17.8 Å². The highest BCUT2D eigenvalue weighted by atomic mass is 16.3. The first-order chi connectivity index (χ1) is 9.95. The van der Waals surface area contributed by atoms with Crippen molar-refractivity contribution in [3.63, 3.8) is 0 Å². The van der Waals surface area contributed by atoms with Crippen LogP contribution in [-0.4, -0.2) is 22.4 Å². The summed E-state index contributed by atoms with van der Waals surface area (Å²) in [4.78, 5) is 0. The van der Waals surface area contributed by atoms with Gasteiger partial charge in [0.05, 0.1) is 12.2 Å². The molecule has 2 nitrogen and oxygen atoms in total. The molecular weight excluding hydrogens is 260 g/mol. The van der Waals surface area contributed by atoms with Gasteiger partial charge in [-0.15, -0.1) is 0 Å². The van der Waals surface area contributed by atoms with Crippen LogP contribution in [0.3, 0.4) is 0 Å². The maximum atomic E-state index is 10.4. The van der Waals surface area contributed by atoms with E-state index in [2.05, 4.69) is 32.1 Å². The number of aliphatic hydroxyl groups excluding tert-OH is 2. The maximum Gasteiger partial charge on any atom is 0.0727 e. The number of rotatable bonds is 0. The maximum absolute atomic E-state index is 10.4. The van der Waals surface area contributed by atoms with E-state index in [1.165, 1.54) is 24.8 Å². The van der Waals surface area contributed by atoms with Crippen LogP contribution in [0.4, 0.5) is 0 Å². The van der Waals surface area contributed by atoms with Crippen LogP contribution in [0.15, 0.2) is 23.8 Å². The summed E-state index contributed by atoms with van der Waals surface area (Å²) in [6, 6.07) is 0. The minimum Gasteiger partial charge on any atom is -0.393 e. The Kier molecular flexibility index (Phi) is 2.97. The van der Waals surface area contributed by atoms with Gasteiger partial charge in [0.15, 0.2) is 0 Å². The molecule has 4 aliphatic rings. The van der Waals surface area contributed by atoms with Crippen LogP contribution < -0.4 is 0 Å².